The van der Waals surface area contributed by atoms with Gasteiger partial charge >= 0.3 is 6.09 Å². The summed E-state index contributed by atoms with van der Waals surface area (Å²) in [6, 6.07) is 1.54. The molecule has 1 aromatic rings. The van der Waals surface area contributed by atoms with Gasteiger partial charge in [-0.2, -0.15) is 0 Å². The predicted molar refractivity (Wildman–Crippen MR) is 50.4 cm³/mol. The Labute approximate surface area is 86.8 Å². The molecule has 0 aromatic carbocycles. The minimum Gasteiger partial charge on any atom is -0.391 e. The summed E-state index contributed by atoms with van der Waals surface area (Å²) in [5.41, 5.74) is 0. The van der Waals surface area contributed by atoms with Crippen LogP contribution in [0.3, 0.4) is 0 Å². The number of ether oxygens (including phenoxy) is 2. The first-order valence-corrected chi connectivity index (χ1v) is 4.67. The summed E-state index contributed by atoms with van der Waals surface area (Å²) in [5, 5.41) is 0. The molecular weight excluding hydrogens is 198 g/mol. The van der Waals surface area contributed by atoms with Crippen molar-refractivity contribution in [2.24, 2.45) is 0 Å². The van der Waals surface area contributed by atoms with E-state index < -0.39 is 6.09 Å². The van der Waals surface area contributed by atoms with Crippen molar-refractivity contribution in [2.45, 2.75) is 0 Å². The van der Waals surface area contributed by atoms with Gasteiger partial charge in [0.2, 0.25) is 5.88 Å². The second kappa shape index (κ2) is 4.70. The fraction of sp³-hybridized carbons (Fsp3) is 0.444. The zero-order chi connectivity index (χ0) is 10.5. The molecule has 0 aliphatic carbocycles. The van der Waals surface area contributed by atoms with E-state index >= 15 is 0 Å². The average molecular weight is 209 g/mol. The van der Waals surface area contributed by atoms with E-state index in [4.69, 9.17) is 9.47 Å². The fourth-order valence-corrected chi connectivity index (χ4v) is 1.24. The molecule has 80 valence electrons. The van der Waals surface area contributed by atoms with E-state index in [2.05, 4.69) is 9.97 Å². The zero-order valence-corrected chi connectivity index (χ0v) is 8.13. The van der Waals surface area contributed by atoms with Crippen LogP contribution >= 0.6 is 0 Å². The lowest BCUT2D eigenvalue weighted by Gasteiger charge is -2.25. The summed E-state index contributed by atoms with van der Waals surface area (Å²) in [6.45, 7) is 2.23. The lowest BCUT2D eigenvalue weighted by atomic mass is 10.5. The minimum absolute atomic E-state index is 0.265. The Balaban J connectivity index is 1.91. The van der Waals surface area contributed by atoms with Gasteiger partial charge in [-0.05, 0) is 0 Å². The number of hydrogen-bond acceptors (Lipinski definition) is 5. The van der Waals surface area contributed by atoms with E-state index in [9.17, 15) is 4.79 Å². The number of carbonyl (C=O) groups is 1. The van der Waals surface area contributed by atoms with Gasteiger partial charge in [0.1, 0.15) is 6.33 Å². The molecular formula is C9H11N3O3. The van der Waals surface area contributed by atoms with Crippen molar-refractivity contribution in [2.75, 3.05) is 26.3 Å². The number of amides is 1. The van der Waals surface area contributed by atoms with Gasteiger partial charge in [0.15, 0.2) is 0 Å². The van der Waals surface area contributed by atoms with E-state index in [1.165, 1.54) is 12.5 Å². The average Bonchev–Trinajstić information content (AvgIpc) is 2.31. The van der Waals surface area contributed by atoms with Crippen molar-refractivity contribution in [1.82, 2.24) is 14.9 Å². The quantitative estimate of drug-likeness (QED) is 0.666. The summed E-state index contributed by atoms with van der Waals surface area (Å²) in [4.78, 5) is 20.7. The standard InChI is InChI=1S/C9H11N3O3/c13-9(12-3-5-14-6-4-12)15-8-1-2-10-7-11-8/h1-2,7H,3-6H2. The Bertz CT molecular complexity index is 325. The number of rotatable bonds is 1. The minimum atomic E-state index is -0.392. The first-order chi connectivity index (χ1) is 7.36. The lowest BCUT2D eigenvalue weighted by molar-refractivity contribution is 0.0412. The number of carbonyl (C=O) groups excluding carboxylic acids is 1. The van der Waals surface area contributed by atoms with Crippen LogP contribution < -0.4 is 4.74 Å². The highest BCUT2D eigenvalue weighted by molar-refractivity contribution is 5.70. The second-order valence-electron chi connectivity index (χ2n) is 3.02. The molecule has 0 saturated carbocycles. The van der Waals surface area contributed by atoms with Crippen LogP contribution in [0.15, 0.2) is 18.6 Å². The third-order valence-corrected chi connectivity index (χ3v) is 2.02. The molecule has 6 nitrogen and oxygen atoms in total. The van der Waals surface area contributed by atoms with Gasteiger partial charge in [-0.15, -0.1) is 0 Å². The number of morpholine rings is 1. The molecule has 2 rings (SSSR count). The Morgan fingerprint density at radius 1 is 1.47 bits per heavy atom. The normalized spacial score (nSPS) is 16.1. The molecule has 1 aliphatic rings. The van der Waals surface area contributed by atoms with Crippen molar-refractivity contribution < 1.29 is 14.3 Å². The van der Waals surface area contributed by atoms with Crippen LogP contribution in [0.4, 0.5) is 4.79 Å². The fourth-order valence-electron chi connectivity index (χ4n) is 1.24. The monoisotopic (exact) mass is 209 g/mol. The lowest BCUT2D eigenvalue weighted by Crippen LogP contribution is -2.42. The molecule has 0 N–H and O–H groups in total. The maximum Gasteiger partial charge on any atom is 0.416 e. The Hall–Kier alpha value is -1.69. The van der Waals surface area contributed by atoms with Crippen molar-refractivity contribution >= 4 is 6.09 Å². The van der Waals surface area contributed by atoms with Gasteiger partial charge in [-0.25, -0.2) is 14.8 Å². The van der Waals surface area contributed by atoms with Crippen LogP contribution in [0.5, 0.6) is 5.88 Å². The third-order valence-electron chi connectivity index (χ3n) is 2.02. The molecule has 0 spiro atoms. The summed E-state index contributed by atoms with van der Waals surface area (Å²) in [6.07, 6.45) is 2.47. The van der Waals surface area contributed by atoms with Gasteiger partial charge in [-0.1, -0.05) is 0 Å². The molecule has 1 saturated heterocycles. The van der Waals surface area contributed by atoms with Crippen LogP contribution in [-0.2, 0) is 4.74 Å². The molecule has 0 atom stereocenters. The highest BCUT2D eigenvalue weighted by atomic mass is 16.6. The van der Waals surface area contributed by atoms with Crippen LogP contribution in [-0.4, -0.2) is 47.3 Å². The molecule has 1 aliphatic heterocycles. The van der Waals surface area contributed by atoms with Crippen LogP contribution in [0, 0.1) is 0 Å². The molecule has 0 bridgehead atoms. The van der Waals surface area contributed by atoms with Crippen LogP contribution in [0.1, 0.15) is 0 Å². The summed E-state index contributed by atoms with van der Waals surface area (Å²) in [5.74, 6) is 0.265. The molecule has 0 unspecified atom stereocenters. The Morgan fingerprint density at radius 3 is 2.93 bits per heavy atom. The molecule has 1 amide bonds. The maximum absolute atomic E-state index is 11.6. The number of hydrogen-bond donors (Lipinski definition) is 0. The molecule has 6 heteroatoms. The molecule has 0 radical (unpaired) electrons. The molecule has 1 aromatic heterocycles. The van der Waals surface area contributed by atoms with E-state index in [1.54, 1.807) is 11.0 Å². The topological polar surface area (TPSA) is 64.5 Å². The van der Waals surface area contributed by atoms with Crippen LogP contribution in [0.2, 0.25) is 0 Å². The smallest absolute Gasteiger partial charge is 0.391 e. The van der Waals surface area contributed by atoms with Gasteiger partial charge in [-0.3, -0.25) is 0 Å². The summed E-state index contributed by atoms with van der Waals surface area (Å²) >= 11 is 0. The van der Waals surface area contributed by atoms with Crippen LogP contribution in [0.25, 0.3) is 0 Å². The number of nitrogens with zero attached hydrogens (tertiary/aromatic N) is 3. The Kier molecular flexibility index (Phi) is 3.08. The second-order valence-corrected chi connectivity index (χ2v) is 3.02. The van der Waals surface area contributed by atoms with Gasteiger partial charge in [0.25, 0.3) is 0 Å². The van der Waals surface area contributed by atoms with Crippen molar-refractivity contribution in [3.05, 3.63) is 18.6 Å². The van der Waals surface area contributed by atoms with Crippen molar-refractivity contribution in [3.8, 4) is 5.88 Å². The van der Waals surface area contributed by atoms with Crippen molar-refractivity contribution in [3.63, 3.8) is 0 Å². The molecule has 1 fully saturated rings. The Morgan fingerprint density at radius 2 is 2.27 bits per heavy atom. The highest BCUT2D eigenvalue weighted by Crippen LogP contribution is 2.06. The molecule has 2 heterocycles. The maximum atomic E-state index is 11.6. The van der Waals surface area contributed by atoms with Gasteiger partial charge in [0, 0.05) is 25.4 Å². The molecule has 15 heavy (non-hydrogen) atoms. The predicted octanol–water partition coefficient (Wildman–Crippen LogP) is 0.308. The van der Waals surface area contributed by atoms with E-state index in [0.29, 0.717) is 26.3 Å². The van der Waals surface area contributed by atoms with Gasteiger partial charge in [0.05, 0.1) is 13.2 Å². The zero-order valence-electron chi connectivity index (χ0n) is 8.13. The number of aromatic nitrogens is 2. The first kappa shape index (κ1) is 9.85. The van der Waals surface area contributed by atoms with Crippen molar-refractivity contribution in [1.29, 1.82) is 0 Å². The van der Waals surface area contributed by atoms with E-state index in [1.807, 2.05) is 0 Å². The highest BCUT2D eigenvalue weighted by Gasteiger charge is 2.18. The van der Waals surface area contributed by atoms with E-state index in [-0.39, 0.29) is 5.88 Å². The largest absolute Gasteiger partial charge is 0.416 e. The SMILES string of the molecule is O=C(Oc1ccncn1)N1CCOCC1. The van der Waals surface area contributed by atoms with Gasteiger partial charge < -0.3 is 14.4 Å². The van der Waals surface area contributed by atoms with E-state index in [0.717, 1.165) is 0 Å². The first-order valence-electron chi connectivity index (χ1n) is 4.67. The summed E-state index contributed by atoms with van der Waals surface area (Å²) < 4.78 is 10.2. The summed E-state index contributed by atoms with van der Waals surface area (Å²) in [7, 11) is 0. The third kappa shape index (κ3) is 2.63.